The number of nitrogens with zero attached hydrogens (tertiary/aromatic N) is 7. The van der Waals surface area contributed by atoms with Crippen molar-refractivity contribution in [2.24, 2.45) is 10.8 Å². The van der Waals surface area contributed by atoms with Crippen LogP contribution >= 0.6 is 0 Å². The molecule has 4 N–H and O–H groups in total. The second-order valence-electron chi connectivity index (χ2n) is 8.76. The molecule has 2 unspecified atom stereocenters. The lowest BCUT2D eigenvalue weighted by Crippen LogP contribution is -2.38. The largest absolute Gasteiger partial charge is 0.383 e. The number of hydrogen-bond donors (Lipinski definition) is 3. The molecule has 0 saturated heterocycles. The van der Waals surface area contributed by atoms with Gasteiger partial charge in [-0.05, 0) is 30.5 Å². The maximum absolute atomic E-state index is 10.8. The van der Waals surface area contributed by atoms with E-state index in [4.69, 9.17) is 11.3 Å². The molecule has 2 atom stereocenters. The van der Waals surface area contributed by atoms with Crippen molar-refractivity contribution in [3.8, 4) is 0 Å². The minimum Gasteiger partial charge on any atom is -0.383 e. The van der Waals surface area contributed by atoms with E-state index in [2.05, 4.69) is 20.0 Å². The summed E-state index contributed by atoms with van der Waals surface area (Å²) in [5.74, 6) is 0. The molecule has 2 aromatic heterocycles. The normalized spacial score (nSPS) is 14.0. The average molecular weight is 489 g/mol. The number of aromatic nitrogens is 4. The fourth-order valence-corrected chi connectivity index (χ4v) is 3.87. The van der Waals surface area contributed by atoms with E-state index in [0.717, 1.165) is 17.0 Å². The van der Waals surface area contributed by atoms with Crippen molar-refractivity contribution < 1.29 is 10.2 Å². The van der Waals surface area contributed by atoms with E-state index in [1.54, 1.807) is 17.2 Å². The molecule has 0 spiro atoms. The number of azide groups is 1. The molecule has 0 amide bonds. The van der Waals surface area contributed by atoms with Gasteiger partial charge in [-0.25, -0.2) is 9.97 Å². The second-order valence-corrected chi connectivity index (χ2v) is 8.76. The Labute approximate surface area is 210 Å². The summed E-state index contributed by atoms with van der Waals surface area (Å²) in [6.07, 6.45) is 7.09. The monoisotopic (exact) mass is 488 g/mol. The van der Waals surface area contributed by atoms with E-state index in [-0.39, 0.29) is 19.6 Å². The van der Waals surface area contributed by atoms with Crippen molar-refractivity contribution >= 4 is 0 Å². The zero-order valence-electron chi connectivity index (χ0n) is 20.5. The van der Waals surface area contributed by atoms with Gasteiger partial charge >= 0.3 is 0 Å². The Morgan fingerprint density at radius 2 is 1.28 bits per heavy atom. The summed E-state index contributed by atoms with van der Waals surface area (Å²) in [5, 5.41) is 24.9. The highest BCUT2D eigenvalue weighted by Gasteiger charge is 2.29. The molecular formula is C26H32N8O2. The van der Waals surface area contributed by atoms with Crippen LogP contribution in [-0.2, 0) is 24.3 Å². The number of aryl methyl sites for hydroxylation is 2. The number of rotatable bonds is 9. The van der Waals surface area contributed by atoms with Gasteiger partial charge in [0.05, 0.1) is 43.7 Å². The first-order valence-corrected chi connectivity index (χ1v) is 11.5. The minimum absolute atomic E-state index is 0.0231. The van der Waals surface area contributed by atoms with Crippen LogP contribution in [0, 0.1) is 13.8 Å². The molecule has 0 radical (unpaired) electrons. The van der Waals surface area contributed by atoms with E-state index in [1.807, 2.05) is 91.5 Å². The second kappa shape index (κ2) is 12.1. The summed E-state index contributed by atoms with van der Waals surface area (Å²) in [7, 11) is 0. The van der Waals surface area contributed by atoms with Crippen molar-refractivity contribution in [2.45, 2.75) is 38.1 Å². The van der Waals surface area contributed by atoms with Crippen LogP contribution in [-0.4, -0.2) is 42.4 Å². The highest BCUT2D eigenvalue weighted by molar-refractivity contribution is 5.24. The third kappa shape index (κ3) is 7.03. The Kier molecular flexibility index (Phi) is 8.99. The van der Waals surface area contributed by atoms with Crippen LogP contribution in [0.3, 0.4) is 0 Å². The first kappa shape index (κ1) is 26.7. The van der Waals surface area contributed by atoms with Crippen molar-refractivity contribution in [1.29, 1.82) is 0 Å². The van der Waals surface area contributed by atoms with Gasteiger partial charge in [0.1, 0.15) is 11.2 Å². The lowest BCUT2D eigenvalue weighted by atomic mass is 9.94. The fourth-order valence-electron chi connectivity index (χ4n) is 3.87. The molecule has 0 aliphatic heterocycles. The van der Waals surface area contributed by atoms with Crippen molar-refractivity contribution in [1.82, 2.24) is 19.1 Å². The highest BCUT2D eigenvalue weighted by atomic mass is 16.3. The van der Waals surface area contributed by atoms with Crippen molar-refractivity contribution in [3.05, 3.63) is 119 Å². The number of hydrogen-bond acceptors (Lipinski definition) is 6. The summed E-state index contributed by atoms with van der Waals surface area (Å²) in [6.45, 7) is 4.65. The van der Waals surface area contributed by atoms with Gasteiger partial charge in [-0.1, -0.05) is 65.8 Å². The van der Waals surface area contributed by atoms with E-state index >= 15 is 0 Å². The summed E-state index contributed by atoms with van der Waals surface area (Å²) in [4.78, 5) is 11.0. The predicted molar refractivity (Wildman–Crippen MR) is 138 cm³/mol. The number of benzene rings is 2. The molecule has 0 aliphatic carbocycles. The summed E-state index contributed by atoms with van der Waals surface area (Å²) < 4.78 is 3.64. The molecule has 188 valence electrons. The van der Waals surface area contributed by atoms with Crippen LogP contribution in [0.4, 0.5) is 0 Å². The topological polar surface area (TPSA) is 151 Å². The van der Waals surface area contributed by atoms with E-state index in [9.17, 15) is 10.2 Å². The van der Waals surface area contributed by atoms with Crippen molar-refractivity contribution in [2.75, 3.05) is 13.1 Å². The standard InChI is InChI=1S/C13H15N5O.C13H17N3O/c1-11-7-18(10-15-11)9-13(19,8-16-17-14)12-5-3-2-4-6-12;1-11-7-16(10-15-11)9-13(17,8-14)12-5-3-2-4-6-12/h2-7,10,19H,8-9H2,1H3;2-7,10,17H,8-9,14H2,1H3. The van der Waals surface area contributed by atoms with Gasteiger partial charge in [0.15, 0.2) is 0 Å². The summed E-state index contributed by atoms with van der Waals surface area (Å²) in [6, 6.07) is 18.7. The SMILES string of the molecule is Cc1cn(CC(O)(CN)c2ccccc2)cn1.Cc1cn(CC(O)(CN=[N+]=[N-])c2ccccc2)cn1. The molecular weight excluding hydrogens is 456 g/mol. The molecule has 2 heterocycles. The maximum atomic E-state index is 10.8. The van der Waals surface area contributed by atoms with E-state index in [1.165, 1.54) is 0 Å². The molecule has 4 rings (SSSR count). The number of nitrogens with two attached hydrogens (primary N) is 1. The summed E-state index contributed by atoms with van der Waals surface area (Å²) in [5.41, 5.74) is 15.2. The van der Waals surface area contributed by atoms with Gasteiger partial charge < -0.3 is 25.1 Å². The Hall–Kier alpha value is -3.95. The third-order valence-corrected chi connectivity index (χ3v) is 5.77. The maximum Gasteiger partial charge on any atom is 0.120 e. The fraction of sp³-hybridized carbons (Fsp3) is 0.308. The molecule has 10 heteroatoms. The minimum atomic E-state index is -1.24. The molecule has 4 aromatic rings. The van der Waals surface area contributed by atoms with E-state index < -0.39 is 11.2 Å². The molecule has 0 saturated carbocycles. The van der Waals surface area contributed by atoms with Crippen LogP contribution in [0.25, 0.3) is 10.4 Å². The highest BCUT2D eigenvalue weighted by Crippen LogP contribution is 2.24. The molecule has 0 fully saturated rings. The summed E-state index contributed by atoms with van der Waals surface area (Å²) >= 11 is 0. The predicted octanol–water partition coefficient (Wildman–Crippen LogP) is 3.43. The zero-order chi connectivity index (χ0) is 26.0. The molecule has 36 heavy (non-hydrogen) atoms. The van der Waals surface area contributed by atoms with Crippen LogP contribution in [0.15, 0.2) is 90.8 Å². The molecule has 10 nitrogen and oxygen atoms in total. The van der Waals surface area contributed by atoms with Gasteiger partial charge in [-0.2, -0.15) is 0 Å². The van der Waals surface area contributed by atoms with Crippen LogP contribution < -0.4 is 5.73 Å². The number of imidazole rings is 2. The number of aliphatic hydroxyl groups is 2. The quantitative estimate of drug-likeness (QED) is 0.187. The van der Waals surface area contributed by atoms with Crippen LogP contribution in [0.2, 0.25) is 0 Å². The Morgan fingerprint density at radius 3 is 1.67 bits per heavy atom. The van der Waals surface area contributed by atoms with Crippen LogP contribution in [0.1, 0.15) is 22.5 Å². The smallest absolute Gasteiger partial charge is 0.120 e. The first-order chi connectivity index (χ1) is 17.3. The van der Waals surface area contributed by atoms with Gasteiger partial charge in [0, 0.05) is 23.9 Å². The molecule has 2 aromatic carbocycles. The van der Waals surface area contributed by atoms with Gasteiger partial charge in [0.25, 0.3) is 0 Å². The van der Waals surface area contributed by atoms with Gasteiger partial charge in [-0.3, -0.25) is 0 Å². The first-order valence-electron chi connectivity index (χ1n) is 11.5. The Balaban J connectivity index is 0.000000202. The van der Waals surface area contributed by atoms with Gasteiger partial charge in [0.2, 0.25) is 0 Å². The van der Waals surface area contributed by atoms with Crippen LogP contribution in [0.5, 0.6) is 0 Å². The third-order valence-electron chi connectivity index (χ3n) is 5.77. The van der Waals surface area contributed by atoms with Crippen molar-refractivity contribution in [3.63, 3.8) is 0 Å². The molecule has 0 aliphatic rings. The Morgan fingerprint density at radius 1 is 0.833 bits per heavy atom. The molecule has 0 bridgehead atoms. The van der Waals surface area contributed by atoms with Gasteiger partial charge in [-0.15, -0.1) is 0 Å². The lowest BCUT2D eigenvalue weighted by molar-refractivity contribution is 0.0272. The lowest BCUT2D eigenvalue weighted by Gasteiger charge is -2.27. The Bertz CT molecular complexity index is 1270. The van der Waals surface area contributed by atoms with E-state index in [0.29, 0.717) is 12.1 Å². The zero-order valence-corrected chi connectivity index (χ0v) is 20.5. The average Bonchev–Trinajstić information content (AvgIpc) is 3.50.